The highest BCUT2D eigenvalue weighted by Gasteiger charge is 2.24. The summed E-state index contributed by atoms with van der Waals surface area (Å²) in [6.07, 6.45) is -0.570. The molecule has 3 aromatic heterocycles. The molecule has 0 bridgehead atoms. The fraction of sp³-hybridized carbons (Fsp3) is 0.423. The Hall–Kier alpha value is -3.89. The molecule has 0 saturated carbocycles. The van der Waals surface area contributed by atoms with E-state index in [1.807, 2.05) is 25.1 Å². The fourth-order valence-corrected chi connectivity index (χ4v) is 4.76. The molecule has 196 valence electrons. The van der Waals surface area contributed by atoms with Gasteiger partial charge in [0.1, 0.15) is 23.1 Å². The van der Waals surface area contributed by atoms with Crippen molar-refractivity contribution < 1.29 is 18.3 Å². The van der Waals surface area contributed by atoms with E-state index in [2.05, 4.69) is 26.0 Å². The Labute approximate surface area is 212 Å². The molecule has 1 N–H and O–H groups in total. The molecule has 0 amide bonds. The maximum absolute atomic E-state index is 13.5. The number of anilines is 1. The molecule has 1 fully saturated rings. The molecular weight excluding hydrogens is 482 g/mol. The molecule has 1 saturated heterocycles. The number of hydrogen-bond acceptors (Lipinski definition) is 6. The minimum atomic E-state index is -2.84. The lowest BCUT2D eigenvalue weighted by Crippen LogP contribution is -2.38. The van der Waals surface area contributed by atoms with E-state index in [-0.39, 0.29) is 23.7 Å². The minimum absolute atomic E-state index is 0.0318. The van der Waals surface area contributed by atoms with Gasteiger partial charge in [-0.05, 0) is 24.6 Å². The lowest BCUT2D eigenvalue weighted by Gasteiger charge is -2.33. The van der Waals surface area contributed by atoms with Crippen molar-refractivity contribution in [1.29, 1.82) is 0 Å². The summed E-state index contributed by atoms with van der Waals surface area (Å²) >= 11 is 0. The molecule has 4 aromatic rings. The van der Waals surface area contributed by atoms with Crippen molar-refractivity contribution in [3.8, 4) is 23.0 Å². The molecule has 0 spiro atoms. The molecule has 37 heavy (non-hydrogen) atoms. The molecular formula is C26H30F2N6O3. The predicted molar refractivity (Wildman–Crippen MR) is 137 cm³/mol. The van der Waals surface area contributed by atoms with Gasteiger partial charge in [0.25, 0.3) is 12.0 Å². The lowest BCUT2D eigenvalue weighted by atomic mass is 10.1. The minimum Gasteiger partial charge on any atom is -0.497 e. The van der Waals surface area contributed by atoms with Crippen LogP contribution in [0.1, 0.15) is 38.4 Å². The van der Waals surface area contributed by atoms with E-state index in [4.69, 9.17) is 9.47 Å². The van der Waals surface area contributed by atoms with Crippen LogP contribution in [0.4, 0.5) is 14.5 Å². The van der Waals surface area contributed by atoms with E-state index < -0.39 is 17.8 Å². The Kier molecular flexibility index (Phi) is 6.86. The van der Waals surface area contributed by atoms with Crippen LogP contribution < -0.4 is 19.9 Å². The number of aryl methyl sites for hydroxylation is 1. The summed E-state index contributed by atoms with van der Waals surface area (Å²) in [5.41, 5.74) is 2.06. The quantitative estimate of drug-likeness (QED) is 0.373. The Morgan fingerprint density at radius 2 is 1.97 bits per heavy atom. The normalized spacial score (nSPS) is 14.6. The van der Waals surface area contributed by atoms with E-state index in [1.165, 1.54) is 0 Å². The zero-order chi connectivity index (χ0) is 26.1. The smallest absolute Gasteiger partial charge is 0.295 e. The molecule has 0 unspecified atom stereocenters. The van der Waals surface area contributed by atoms with Gasteiger partial charge >= 0.3 is 0 Å². The van der Waals surface area contributed by atoms with Crippen LogP contribution in [0.3, 0.4) is 0 Å². The number of halogens is 2. The number of piperidine rings is 1. The number of aromatic amines is 1. The van der Waals surface area contributed by atoms with Gasteiger partial charge in [0.15, 0.2) is 5.82 Å². The van der Waals surface area contributed by atoms with E-state index in [1.54, 1.807) is 31.0 Å². The van der Waals surface area contributed by atoms with Gasteiger partial charge in [0.05, 0.1) is 18.3 Å². The molecule has 0 aliphatic carbocycles. The Bertz CT molecular complexity index is 1450. The fourth-order valence-electron chi connectivity index (χ4n) is 4.76. The molecule has 1 aliphatic rings. The summed E-state index contributed by atoms with van der Waals surface area (Å²) < 4.78 is 41.4. The first-order valence-electron chi connectivity index (χ1n) is 12.4. The van der Waals surface area contributed by atoms with Crippen LogP contribution in [0.15, 0.2) is 41.2 Å². The van der Waals surface area contributed by atoms with Gasteiger partial charge in [-0.25, -0.2) is 18.4 Å². The topological polar surface area (TPSA) is 90.2 Å². The highest BCUT2D eigenvalue weighted by Crippen LogP contribution is 2.29. The number of alkyl halides is 2. The van der Waals surface area contributed by atoms with Gasteiger partial charge in [-0.1, -0.05) is 13.0 Å². The summed E-state index contributed by atoms with van der Waals surface area (Å²) in [6.45, 7) is 3.71. The van der Waals surface area contributed by atoms with Crippen molar-refractivity contribution >= 4 is 16.7 Å². The third-order valence-corrected chi connectivity index (χ3v) is 6.67. The van der Waals surface area contributed by atoms with Crippen LogP contribution in [0.5, 0.6) is 11.6 Å². The number of hydrogen-bond donors (Lipinski definition) is 1. The third kappa shape index (κ3) is 4.90. The summed E-state index contributed by atoms with van der Waals surface area (Å²) in [6, 6.07) is 11.4. The standard InChI is InChI=1S/C26H30F2N6O3/c1-4-10-34-25(24(27)28)30-21-14-19(29-23(21)26(34)35)20-15-22(32(2)31-20)37-17-8-11-33(12-9-17)16-6-5-7-18(13-16)36-3/h5-7,13-15,17,24,29H,4,8-12H2,1-3H3. The number of H-pyrrole nitrogens is 1. The maximum Gasteiger partial charge on any atom is 0.295 e. The number of ether oxygens (including phenoxy) is 2. The largest absolute Gasteiger partial charge is 0.497 e. The summed E-state index contributed by atoms with van der Waals surface area (Å²) in [5.74, 6) is 0.911. The second-order valence-electron chi connectivity index (χ2n) is 9.17. The summed E-state index contributed by atoms with van der Waals surface area (Å²) in [4.78, 5) is 22.3. The second kappa shape index (κ2) is 10.2. The zero-order valence-electron chi connectivity index (χ0n) is 21.1. The van der Waals surface area contributed by atoms with Crippen LogP contribution in [0.2, 0.25) is 0 Å². The Balaban J connectivity index is 1.32. The number of nitrogens with one attached hydrogen (secondary N) is 1. The molecule has 1 aliphatic heterocycles. The van der Waals surface area contributed by atoms with Gasteiger partial charge in [0.2, 0.25) is 5.88 Å². The third-order valence-electron chi connectivity index (χ3n) is 6.67. The van der Waals surface area contributed by atoms with Crippen LogP contribution >= 0.6 is 0 Å². The Morgan fingerprint density at radius 1 is 1.19 bits per heavy atom. The molecule has 11 heteroatoms. The molecule has 9 nitrogen and oxygen atoms in total. The zero-order valence-corrected chi connectivity index (χ0v) is 21.1. The van der Waals surface area contributed by atoms with E-state index in [0.29, 0.717) is 23.7 Å². The van der Waals surface area contributed by atoms with Crippen molar-refractivity contribution in [2.24, 2.45) is 7.05 Å². The van der Waals surface area contributed by atoms with Crippen molar-refractivity contribution in [2.75, 3.05) is 25.1 Å². The lowest BCUT2D eigenvalue weighted by molar-refractivity contribution is 0.133. The van der Waals surface area contributed by atoms with E-state index >= 15 is 0 Å². The van der Waals surface area contributed by atoms with Gasteiger partial charge in [0, 0.05) is 57.3 Å². The number of rotatable bonds is 8. The van der Waals surface area contributed by atoms with E-state index in [0.717, 1.165) is 41.9 Å². The number of nitrogens with zero attached hydrogens (tertiary/aromatic N) is 5. The van der Waals surface area contributed by atoms with Gasteiger partial charge in [-0.2, -0.15) is 5.10 Å². The number of methoxy groups -OCH3 is 1. The van der Waals surface area contributed by atoms with Crippen molar-refractivity contribution in [3.05, 3.63) is 52.6 Å². The average Bonchev–Trinajstić information content (AvgIpc) is 3.50. The first-order valence-corrected chi connectivity index (χ1v) is 12.4. The maximum atomic E-state index is 13.5. The molecule has 4 heterocycles. The molecule has 0 radical (unpaired) electrons. The SMILES string of the molecule is CCCn1c(C(F)F)nc2cc(-c3cc(OC4CCN(c5cccc(OC)c5)CC4)n(C)n3)[nH]c2c1=O. The molecule has 1 aromatic carbocycles. The van der Waals surface area contributed by atoms with Crippen LogP contribution in [0, 0.1) is 0 Å². The van der Waals surface area contributed by atoms with Gasteiger partial charge in [-0.15, -0.1) is 0 Å². The van der Waals surface area contributed by atoms with Crippen LogP contribution in [0.25, 0.3) is 22.4 Å². The van der Waals surface area contributed by atoms with Crippen LogP contribution in [-0.4, -0.2) is 50.6 Å². The van der Waals surface area contributed by atoms with Gasteiger partial charge in [-0.3, -0.25) is 9.36 Å². The second-order valence-corrected chi connectivity index (χ2v) is 9.17. The summed E-state index contributed by atoms with van der Waals surface area (Å²) in [5, 5.41) is 4.52. The number of fused-ring (bicyclic) bond motifs is 1. The van der Waals surface area contributed by atoms with Gasteiger partial charge < -0.3 is 19.4 Å². The first-order chi connectivity index (χ1) is 17.9. The van der Waals surface area contributed by atoms with Crippen LogP contribution in [-0.2, 0) is 13.6 Å². The predicted octanol–water partition coefficient (Wildman–Crippen LogP) is 4.53. The Morgan fingerprint density at radius 3 is 2.68 bits per heavy atom. The van der Waals surface area contributed by atoms with Crippen molar-refractivity contribution in [3.63, 3.8) is 0 Å². The molecule has 0 atom stereocenters. The summed E-state index contributed by atoms with van der Waals surface area (Å²) in [7, 11) is 3.45. The van der Waals surface area contributed by atoms with Crippen molar-refractivity contribution in [2.45, 2.75) is 45.3 Å². The van der Waals surface area contributed by atoms with Crippen molar-refractivity contribution in [1.82, 2.24) is 24.3 Å². The monoisotopic (exact) mass is 512 g/mol. The van der Waals surface area contributed by atoms with E-state index in [9.17, 15) is 13.6 Å². The highest BCUT2D eigenvalue weighted by molar-refractivity contribution is 5.81. The number of aromatic nitrogens is 5. The first kappa shape index (κ1) is 24.8. The average molecular weight is 513 g/mol. The number of benzene rings is 1. The highest BCUT2D eigenvalue weighted by atomic mass is 19.3. The molecule has 5 rings (SSSR count).